The standard InChI is InChI=1S/C21H19N3O2/c1-14-12-17(22)20(21(24-14)16-6-4-3-5-7-16)18(25)10-8-15-9-11-19(26-2)23-13-15/h3-13H,1-2H3,(H2,22,24). The molecule has 0 spiro atoms. The molecular formula is C21H19N3O2. The van der Waals surface area contributed by atoms with Gasteiger partial charge in [0.05, 0.1) is 18.4 Å². The second-order valence-electron chi connectivity index (χ2n) is 5.77. The van der Waals surface area contributed by atoms with Gasteiger partial charge in [0.15, 0.2) is 5.78 Å². The predicted octanol–water partition coefficient (Wildman–Crippen LogP) is 3.94. The molecule has 2 aromatic heterocycles. The van der Waals surface area contributed by atoms with Crippen molar-refractivity contribution in [1.29, 1.82) is 0 Å². The van der Waals surface area contributed by atoms with E-state index in [1.807, 2.05) is 43.3 Å². The first kappa shape index (κ1) is 17.4. The van der Waals surface area contributed by atoms with Crippen LogP contribution in [0.4, 0.5) is 5.69 Å². The second kappa shape index (κ2) is 7.61. The van der Waals surface area contributed by atoms with Gasteiger partial charge >= 0.3 is 0 Å². The molecule has 1 aromatic carbocycles. The van der Waals surface area contributed by atoms with E-state index in [2.05, 4.69) is 9.97 Å². The number of nitrogens with two attached hydrogens (primary N) is 1. The van der Waals surface area contributed by atoms with Crippen LogP contribution in [0.5, 0.6) is 5.88 Å². The Morgan fingerprint density at radius 3 is 2.58 bits per heavy atom. The number of pyridine rings is 2. The highest BCUT2D eigenvalue weighted by Crippen LogP contribution is 2.27. The average molecular weight is 345 g/mol. The number of benzene rings is 1. The lowest BCUT2D eigenvalue weighted by Gasteiger charge is -2.11. The van der Waals surface area contributed by atoms with Crippen molar-refractivity contribution in [2.75, 3.05) is 12.8 Å². The maximum Gasteiger partial charge on any atom is 0.212 e. The molecule has 0 aliphatic rings. The molecule has 3 rings (SSSR count). The van der Waals surface area contributed by atoms with E-state index in [4.69, 9.17) is 10.5 Å². The Morgan fingerprint density at radius 1 is 1.15 bits per heavy atom. The Balaban J connectivity index is 1.97. The van der Waals surface area contributed by atoms with Crippen LogP contribution in [-0.2, 0) is 0 Å². The zero-order chi connectivity index (χ0) is 18.5. The highest BCUT2D eigenvalue weighted by Gasteiger charge is 2.16. The molecule has 0 amide bonds. The number of allylic oxidation sites excluding steroid dienone is 1. The summed E-state index contributed by atoms with van der Waals surface area (Å²) < 4.78 is 5.03. The number of nitrogen functional groups attached to an aromatic ring is 1. The number of hydrogen-bond acceptors (Lipinski definition) is 5. The summed E-state index contributed by atoms with van der Waals surface area (Å²) >= 11 is 0. The number of anilines is 1. The fraction of sp³-hybridized carbons (Fsp3) is 0.0952. The van der Waals surface area contributed by atoms with Crippen LogP contribution in [0.2, 0.25) is 0 Å². The largest absolute Gasteiger partial charge is 0.481 e. The van der Waals surface area contributed by atoms with Gasteiger partial charge in [0.25, 0.3) is 0 Å². The monoisotopic (exact) mass is 345 g/mol. The van der Waals surface area contributed by atoms with Crippen LogP contribution in [0.25, 0.3) is 17.3 Å². The van der Waals surface area contributed by atoms with Crippen molar-refractivity contribution in [2.24, 2.45) is 0 Å². The van der Waals surface area contributed by atoms with Gasteiger partial charge < -0.3 is 10.5 Å². The summed E-state index contributed by atoms with van der Waals surface area (Å²) in [5.41, 5.74) is 9.96. The zero-order valence-electron chi connectivity index (χ0n) is 14.6. The minimum absolute atomic E-state index is 0.204. The van der Waals surface area contributed by atoms with Gasteiger partial charge in [-0.15, -0.1) is 0 Å². The van der Waals surface area contributed by atoms with Crippen molar-refractivity contribution in [3.63, 3.8) is 0 Å². The van der Waals surface area contributed by atoms with Crippen molar-refractivity contribution >= 4 is 17.5 Å². The van der Waals surface area contributed by atoms with Crippen LogP contribution in [0, 0.1) is 6.92 Å². The zero-order valence-corrected chi connectivity index (χ0v) is 14.6. The van der Waals surface area contributed by atoms with Crippen molar-refractivity contribution < 1.29 is 9.53 Å². The molecule has 130 valence electrons. The van der Waals surface area contributed by atoms with Crippen molar-refractivity contribution in [3.05, 3.63) is 77.6 Å². The molecule has 0 saturated carbocycles. The summed E-state index contributed by atoms with van der Waals surface area (Å²) in [6.07, 6.45) is 4.82. The fourth-order valence-electron chi connectivity index (χ4n) is 2.63. The molecule has 3 aromatic rings. The van der Waals surface area contributed by atoms with Crippen LogP contribution < -0.4 is 10.5 Å². The number of hydrogen-bond donors (Lipinski definition) is 1. The molecule has 2 N–H and O–H groups in total. The van der Waals surface area contributed by atoms with Gasteiger partial charge in [-0.25, -0.2) is 4.98 Å². The van der Waals surface area contributed by atoms with Crippen molar-refractivity contribution in [1.82, 2.24) is 9.97 Å². The Labute approximate surface area is 152 Å². The number of aromatic nitrogens is 2. The SMILES string of the molecule is COc1ccc(C=CC(=O)c2c(N)cc(C)nc2-c2ccccc2)cn1. The first-order valence-corrected chi connectivity index (χ1v) is 8.13. The number of carbonyl (C=O) groups is 1. The highest BCUT2D eigenvalue weighted by molar-refractivity contribution is 6.13. The maximum absolute atomic E-state index is 12.8. The summed E-state index contributed by atoms with van der Waals surface area (Å²) in [6, 6.07) is 14.8. The van der Waals surface area contributed by atoms with Crippen molar-refractivity contribution in [2.45, 2.75) is 6.92 Å². The van der Waals surface area contributed by atoms with Gasteiger partial charge in [-0.05, 0) is 36.8 Å². The Morgan fingerprint density at radius 2 is 1.92 bits per heavy atom. The predicted molar refractivity (Wildman–Crippen MR) is 103 cm³/mol. The number of ketones is 1. The van der Waals surface area contributed by atoms with Gasteiger partial charge in [-0.2, -0.15) is 0 Å². The molecule has 2 heterocycles. The molecule has 0 unspecified atom stereocenters. The summed E-state index contributed by atoms with van der Waals surface area (Å²) in [6.45, 7) is 1.86. The molecule has 0 aliphatic carbocycles. The first-order valence-electron chi connectivity index (χ1n) is 8.13. The van der Waals surface area contributed by atoms with Crippen LogP contribution in [-0.4, -0.2) is 22.9 Å². The molecule has 0 atom stereocenters. The van der Waals surface area contributed by atoms with Gasteiger partial charge in [-0.3, -0.25) is 9.78 Å². The molecule has 0 fully saturated rings. The molecule has 5 nitrogen and oxygen atoms in total. The third-order valence-corrected chi connectivity index (χ3v) is 3.87. The average Bonchev–Trinajstić information content (AvgIpc) is 2.66. The van der Waals surface area contributed by atoms with E-state index in [-0.39, 0.29) is 5.78 Å². The van der Waals surface area contributed by atoms with E-state index in [1.165, 1.54) is 6.08 Å². The summed E-state index contributed by atoms with van der Waals surface area (Å²) in [5, 5.41) is 0. The van der Waals surface area contributed by atoms with E-state index in [0.29, 0.717) is 22.8 Å². The smallest absolute Gasteiger partial charge is 0.212 e. The highest BCUT2D eigenvalue weighted by atomic mass is 16.5. The lowest BCUT2D eigenvalue weighted by molar-refractivity contribution is 0.104. The Kier molecular flexibility index (Phi) is 5.08. The first-order chi connectivity index (χ1) is 12.6. The van der Waals surface area contributed by atoms with Crippen molar-refractivity contribution in [3.8, 4) is 17.1 Å². The summed E-state index contributed by atoms with van der Waals surface area (Å²) in [4.78, 5) is 21.5. The molecular weight excluding hydrogens is 326 g/mol. The van der Waals surface area contributed by atoms with Crippen LogP contribution in [0.3, 0.4) is 0 Å². The second-order valence-corrected chi connectivity index (χ2v) is 5.77. The number of carbonyl (C=O) groups excluding carboxylic acids is 1. The maximum atomic E-state index is 12.8. The number of methoxy groups -OCH3 is 1. The fourth-order valence-corrected chi connectivity index (χ4v) is 2.63. The topological polar surface area (TPSA) is 78.1 Å². The minimum atomic E-state index is -0.204. The molecule has 0 saturated heterocycles. The van der Waals surface area contributed by atoms with Gasteiger partial charge in [0, 0.05) is 29.2 Å². The number of nitrogens with zero attached hydrogens (tertiary/aromatic N) is 2. The summed E-state index contributed by atoms with van der Waals surface area (Å²) in [7, 11) is 1.56. The Bertz CT molecular complexity index is 949. The molecule has 0 aliphatic heterocycles. The van der Waals surface area contributed by atoms with E-state index >= 15 is 0 Å². The van der Waals surface area contributed by atoms with Gasteiger partial charge in [-0.1, -0.05) is 30.3 Å². The molecule has 5 heteroatoms. The lowest BCUT2D eigenvalue weighted by Crippen LogP contribution is -2.06. The van der Waals surface area contributed by atoms with Crippen LogP contribution in [0.15, 0.2) is 60.8 Å². The van der Waals surface area contributed by atoms with E-state index < -0.39 is 0 Å². The van der Waals surface area contributed by atoms with Crippen LogP contribution >= 0.6 is 0 Å². The van der Waals surface area contributed by atoms with Crippen LogP contribution in [0.1, 0.15) is 21.6 Å². The molecule has 0 radical (unpaired) electrons. The number of ether oxygens (including phenoxy) is 1. The van der Waals surface area contributed by atoms with E-state index in [0.717, 1.165) is 16.8 Å². The molecule has 0 bridgehead atoms. The quantitative estimate of drug-likeness (QED) is 0.560. The third kappa shape index (κ3) is 3.78. The minimum Gasteiger partial charge on any atom is -0.481 e. The third-order valence-electron chi connectivity index (χ3n) is 3.87. The number of rotatable bonds is 5. The molecule has 26 heavy (non-hydrogen) atoms. The lowest BCUT2D eigenvalue weighted by atomic mass is 9.99. The van der Waals surface area contributed by atoms with E-state index in [9.17, 15) is 4.79 Å². The van der Waals surface area contributed by atoms with E-state index in [1.54, 1.807) is 31.5 Å². The normalized spacial score (nSPS) is 10.8. The van der Waals surface area contributed by atoms with Gasteiger partial charge in [0.2, 0.25) is 5.88 Å². The summed E-state index contributed by atoms with van der Waals surface area (Å²) in [5.74, 6) is 0.316. The van der Waals surface area contributed by atoms with Gasteiger partial charge in [0.1, 0.15) is 0 Å². The number of aryl methyl sites for hydroxylation is 1. The Hall–Kier alpha value is -3.47.